The SMILES string of the molecule is Cc1ccc(-c2cc(CCC(=O)NO)c3ccc(F)cc3n2)cc1. The maximum atomic E-state index is 13.6. The number of nitrogens with one attached hydrogen (secondary N) is 1. The van der Waals surface area contributed by atoms with Crippen LogP contribution in [0.5, 0.6) is 0 Å². The number of hydrogen-bond donors (Lipinski definition) is 2. The largest absolute Gasteiger partial charge is 0.289 e. The summed E-state index contributed by atoms with van der Waals surface area (Å²) in [4.78, 5) is 15.9. The molecule has 4 nitrogen and oxygen atoms in total. The second-order valence-corrected chi connectivity index (χ2v) is 5.73. The molecule has 3 aromatic rings. The third-order valence-corrected chi connectivity index (χ3v) is 3.95. The quantitative estimate of drug-likeness (QED) is 0.567. The van der Waals surface area contributed by atoms with Crippen molar-refractivity contribution in [1.29, 1.82) is 0 Å². The standard InChI is InChI=1S/C19H17FN2O2/c1-12-2-4-13(5-3-12)17-10-14(6-9-19(23)22-24)16-8-7-15(20)11-18(16)21-17/h2-5,7-8,10-11,24H,6,9H2,1H3,(H,22,23). The Labute approximate surface area is 138 Å². The number of benzene rings is 2. The number of nitrogens with zero attached hydrogens (tertiary/aromatic N) is 1. The Kier molecular flexibility index (Phi) is 4.53. The highest BCUT2D eigenvalue weighted by Gasteiger charge is 2.10. The topological polar surface area (TPSA) is 62.2 Å². The number of fused-ring (bicyclic) bond motifs is 1. The molecule has 1 aromatic heterocycles. The van der Waals surface area contributed by atoms with Crippen LogP contribution < -0.4 is 5.48 Å². The number of carbonyl (C=O) groups is 1. The van der Waals surface area contributed by atoms with E-state index in [1.807, 2.05) is 37.3 Å². The van der Waals surface area contributed by atoms with Crippen LogP contribution in [0.1, 0.15) is 17.5 Å². The molecule has 0 saturated carbocycles. The zero-order chi connectivity index (χ0) is 17.1. The molecule has 24 heavy (non-hydrogen) atoms. The van der Waals surface area contributed by atoms with Crippen molar-refractivity contribution >= 4 is 16.8 Å². The summed E-state index contributed by atoms with van der Waals surface area (Å²) >= 11 is 0. The van der Waals surface area contributed by atoms with Gasteiger partial charge in [-0.2, -0.15) is 0 Å². The van der Waals surface area contributed by atoms with E-state index in [0.717, 1.165) is 27.8 Å². The fourth-order valence-corrected chi connectivity index (χ4v) is 2.66. The lowest BCUT2D eigenvalue weighted by atomic mass is 10.00. The molecular formula is C19H17FN2O2. The summed E-state index contributed by atoms with van der Waals surface area (Å²) in [6, 6.07) is 14.3. The Bertz CT molecular complexity index is 892. The highest BCUT2D eigenvalue weighted by Crippen LogP contribution is 2.26. The minimum absolute atomic E-state index is 0.139. The summed E-state index contributed by atoms with van der Waals surface area (Å²) in [5, 5.41) is 9.46. The van der Waals surface area contributed by atoms with Crippen molar-refractivity contribution in [2.24, 2.45) is 0 Å². The molecule has 0 radical (unpaired) electrons. The maximum Gasteiger partial charge on any atom is 0.243 e. The van der Waals surface area contributed by atoms with E-state index in [4.69, 9.17) is 5.21 Å². The third-order valence-electron chi connectivity index (χ3n) is 3.95. The summed E-state index contributed by atoms with van der Waals surface area (Å²) in [6.07, 6.45) is 0.566. The van der Waals surface area contributed by atoms with E-state index in [1.165, 1.54) is 12.1 Å². The minimum atomic E-state index is -0.459. The lowest BCUT2D eigenvalue weighted by Crippen LogP contribution is -2.18. The average Bonchev–Trinajstić information content (AvgIpc) is 2.59. The minimum Gasteiger partial charge on any atom is -0.289 e. The zero-order valence-corrected chi connectivity index (χ0v) is 13.2. The van der Waals surface area contributed by atoms with Crippen molar-refractivity contribution in [1.82, 2.24) is 10.5 Å². The molecule has 5 heteroatoms. The smallest absolute Gasteiger partial charge is 0.243 e. The number of hydroxylamine groups is 1. The molecule has 2 N–H and O–H groups in total. The molecule has 0 aliphatic heterocycles. The fraction of sp³-hybridized carbons (Fsp3) is 0.158. The number of aryl methyl sites for hydroxylation is 2. The van der Waals surface area contributed by atoms with Gasteiger partial charge in [0.2, 0.25) is 5.91 Å². The summed E-state index contributed by atoms with van der Waals surface area (Å²) < 4.78 is 13.6. The average molecular weight is 324 g/mol. The molecule has 2 aromatic carbocycles. The van der Waals surface area contributed by atoms with Crippen LogP contribution >= 0.6 is 0 Å². The van der Waals surface area contributed by atoms with Crippen LogP contribution in [0.2, 0.25) is 0 Å². The van der Waals surface area contributed by atoms with Crippen LogP contribution in [-0.2, 0) is 11.2 Å². The molecule has 3 rings (SSSR count). The molecule has 0 saturated heterocycles. The Balaban J connectivity index is 2.09. The molecule has 0 bridgehead atoms. The van der Waals surface area contributed by atoms with Crippen molar-refractivity contribution in [3.63, 3.8) is 0 Å². The number of aromatic nitrogens is 1. The van der Waals surface area contributed by atoms with Gasteiger partial charge in [0.1, 0.15) is 5.82 Å². The van der Waals surface area contributed by atoms with Gasteiger partial charge in [-0.1, -0.05) is 29.8 Å². The number of pyridine rings is 1. The first-order valence-corrected chi connectivity index (χ1v) is 7.66. The molecule has 0 atom stereocenters. The Morgan fingerprint density at radius 3 is 2.62 bits per heavy atom. The van der Waals surface area contributed by atoms with Gasteiger partial charge >= 0.3 is 0 Å². The highest BCUT2D eigenvalue weighted by atomic mass is 19.1. The molecule has 0 spiro atoms. The van der Waals surface area contributed by atoms with Crippen LogP contribution in [0.3, 0.4) is 0 Å². The monoisotopic (exact) mass is 324 g/mol. The molecule has 0 fully saturated rings. The second-order valence-electron chi connectivity index (χ2n) is 5.73. The van der Waals surface area contributed by atoms with Gasteiger partial charge in [-0.15, -0.1) is 0 Å². The van der Waals surface area contributed by atoms with Gasteiger partial charge in [-0.25, -0.2) is 14.9 Å². The first kappa shape index (κ1) is 16.1. The van der Waals surface area contributed by atoms with Crippen molar-refractivity contribution < 1.29 is 14.4 Å². The zero-order valence-electron chi connectivity index (χ0n) is 13.2. The molecule has 0 aliphatic rings. The lowest BCUT2D eigenvalue weighted by molar-refractivity contribution is -0.129. The number of amides is 1. The van der Waals surface area contributed by atoms with E-state index in [0.29, 0.717) is 11.9 Å². The molecule has 0 aliphatic carbocycles. The Morgan fingerprint density at radius 1 is 1.17 bits per heavy atom. The van der Waals surface area contributed by atoms with Gasteiger partial charge < -0.3 is 0 Å². The second kappa shape index (κ2) is 6.76. The van der Waals surface area contributed by atoms with Gasteiger partial charge in [-0.3, -0.25) is 10.0 Å². The molecule has 0 unspecified atom stereocenters. The molecular weight excluding hydrogens is 307 g/mol. The fourth-order valence-electron chi connectivity index (χ4n) is 2.66. The summed E-state index contributed by atoms with van der Waals surface area (Å²) in [5.41, 5.74) is 5.87. The predicted octanol–water partition coefficient (Wildman–Crippen LogP) is 3.79. The molecule has 122 valence electrons. The predicted molar refractivity (Wildman–Crippen MR) is 90.1 cm³/mol. The highest BCUT2D eigenvalue weighted by molar-refractivity contribution is 5.86. The van der Waals surface area contributed by atoms with Crippen molar-refractivity contribution in [3.05, 3.63) is 65.5 Å². The van der Waals surface area contributed by atoms with Crippen molar-refractivity contribution in [2.45, 2.75) is 19.8 Å². The van der Waals surface area contributed by atoms with Gasteiger partial charge in [-0.05, 0) is 37.1 Å². The number of hydrogen-bond acceptors (Lipinski definition) is 3. The summed E-state index contributed by atoms with van der Waals surface area (Å²) in [5.74, 6) is -0.811. The van der Waals surface area contributed by atoms with E-state index in [2.05, 4.69) is 4.98 Å². The summed E-state index contributed by atoms with van der Waals surface area (Å²) in [7, 11) is 0. The van der Waals surface area contributed by atoms with Gasteiger partial charge in [0, 0.05) is 23.4 Å². The van der Waals surface area contributed by atoms with Gasteiger partial charge in [0.15, 0.2) is 0 Å². The first-order chi connectivity index (χ1) is 11.6. The maximum absolute atomic E-state index is 13.6. The number of halogens is 1. The van der Waals surface area contributed by atoms with Crippen LogP contribution in [0, 0.1) is 12.7 Å². The number of carbonyl (C=O) groups excluding carboxylic acids is 1. The molecule has 1 amide bonds. The normalized spacial score (nSPS) is 10.8. The van der Waals surface area contributed by atoms with Crippen LogP contribution in [-0.4, -0.2) is 16.1 Å². The third kappa shape index (κ3) is 3.41. The van der Waals surface area contributed by atoms with Crippen LogP contribution in [0.25, 0.3) is 22.2 Å². The van der Waals surface area contributed by atoms with Gasteiger partial charge in [0.25, 0.3) is 0 Å². The molecule has 1 heterocycles. The summed E-state index contributed by atoms with van der Waals surface area (Å²) in [6.45, 7) is 2.01. The first-order valence-electron chi connectivity index (χ1n) is 7.66. The van der Waals surface area contributed by atoms with E-state index in [1.54, 1.807) is 11.5 Å². The van der Waals surface area contributed by atoms with E-state index in [-0.39, 0.29) is 12.2 Å². The van der Waals surface area contributed by atoms with Gasteiger partial charge in [0.05, 0.1) is 11.2 Å². The van der Waals surface area contributed by atoms with E-state index < -0.39 is 5.91 Å². The Hall–Kier alpha value is -2.79. The lowest BCUT2D eigenvalue weighted by Gasteiger charge is -2.10. The van der Waals surface area contributed by atoms with E-state index in [9.17, 15) is 9.18 Å². The Morgan fingerprint density at radius 2 is 1.92 bits per heavy atom. The van der Waals surface area contributed by atoms with Crippen LogP contribution in [0.15, 0.2) is 48.5 Å². The van der Waals surface area contributed by atoms with E-state index >= 15 is 0 Å². The van der Waals surface area contributed by atoms with Crippen LogP contribution in [0.4, 0.5) is 4.39 Å². The number of rotatable bonds is 4. The van der Waals surface area contributed by atoms with Crippen molar-refractivity contribution in [2.75, 3.05) is 0 Å². The van der Waals surface area contributed by atoms with Crippen molar-refractivity contribution in [3.8, 4) is 11.3 Å².